The molecule has 0 unspecified atom stereocenters. The van der Waals surface area contributed by atoms with E-state index in [4.69, 9.17) is 27.7 Å². The number of hydrogen-bond acceptors (Lipinski definition) is 5. The first kappa shape index (κ1) is 18.6. The maximum absolute atomic E-state index is 12.2. The van der Waals surface area contributed by atoms with Gasteiger partial charge in [-0.2, -0.15) is 0 Å². The molecule has 134 valence electrons. The molecule has 0 bridgehead atoms. The van der Waals surface area contributed by atoms with Gasteiger partial charge in [0.1, 0.15) is 0 Å². The van der Waals surface area contributed by atoms with Crippen LogP contribution in [-0.4, -0.2) is 16.9 Å². The molecule has 0 saturated carbocycles. The summed E-state index contributed by atoms with van der Waals surface area (Å²) in [4.78, 5) is 12.2. The van der Waals surface area contributed by atoms with E-state index in [2.05, 4.69) is 10.6 Å². The zero-order chi connectivity index (χ0) is 18.7. The average molecular weight is 410 g/mol. The highest BCUT2D eigenvalue weighted by Crippen LogP contribution is 2.27. The van der Waals surface area contributed by atoms with Crippen molar-refractivity contribution in [3.8, 4) is 11.6 Å². The van der Waals surface area contributed by atoms with E-state index < -0.39 is 5.95 Å². The number of rotatable bonds is 5. The van der Waals surface area contributed by atoms with Crippen molar-refractivity contribution in [2.75, 3.05) is 11.1 Å². The molecule has 1 heterocycles. The second-order valence-electron chi connectivity index (χ2n) is 5.37. The molecule has 3 rings (SSSR count). The molecule has 26 heavy (non-hydrogen) atoms. The molecule has 3 aromatic rings. The first-order valence-electron chi connectivity index (χ1n) is 7.48. The highest BCUT2D eigenvalue weighted by Gasteiger charge is 2.22. The summed E-state index contributed by atoms with van der Waals surface area (Å²) in [6.45, 7) is 1.96. The number of hydrogen-bond donors (Lipinski definition) is 1. The Morgan fingerprint density at radius 2 is 2.00 bits per heavy atom. The zero-order valence-electron chi connectivity index (χ0n) is 13.5. The molecule has 9 heteroatoms. The number of amides is 1. The Morgan fingerprint density at radius 1 is 1.27 bits per heavy atom. The van der Waals surface area contributed by atoms with Crippen molar-refractivity contribution in [2.45, 2.75) is 11.9 Å². The molecule has 0 atom stereocenters. The van der Waals surface area contributed by atoms with Crippen LogP contribution >= 0.6 is 35.0 Å². The van der Waals surface area contributed by atoms with Gasteiger partial charge >= 0.3 is 0 Å². The fourth-order valence-corrected chi connectivity index (χ4v) is 3.22. The summed E-state index contributed by atoms with van der Waals surface area (Å²) < 4.78 is 6.10. The van der Waals surface area contributed by atoms with Crippen molar-refractivity contribution in [3.63, 3.8) is 0 Å². The van der Waals surface area contributed by atoms with Crippen LogP contribution in [0, 0.1) is 6.92 Å². The number of anilines is 1. The SMILES string of the molecule is Cc1ccc(-[n+]2noc([O-])c2SCC(=O)Nc2cc(Cl)ccc2Cl)cc1. The Bertz CT molecular complexity index is 945. The van der Waals surface area contributed by atoms with E-state index in [1.165, 1.54) is 4.68 Å². The van der Waals surface area contributed by atoms with Gasteiger partial charge in [-0.05, 0) is 41.6 Å². The topological polar surface area (TPSA) is 82.1 Å². The Kier molecular flexibility index (Phi) is 5.70. The van der Waals surface area contributed by atoms with Gasteiger partial charge in [0.15, 0.2) is 5.95 Å². The monoisotopic (exact) mass is 409 g/mol. The number of benzene rings is 2. The Morgan fingerprint density at radius 3 is 2.73 bits per heavy atom. The highest BCUT2D eigenvalue weighted by atomic mass is 35.5. The first-order valence-corrected chi connectivity index (χ1v) is 9.22. The van der Waals surface area contributed by atoms with Crippen LogP contribution in [0.1, 0.15) is 5.56 Å². The van der Waals surface area contributed by atoms with Crippen LogP contribution in [-0.2, 0) is 4.79 Å². The van der Waals surface area contributed by atoms with Crippen LogP contribution in [0.2, 0.25) is 10.0 Å². The van der Waals surface area contributed by atoms with E-state index in [0.717, 1.165) is 17.3 Å². The molecule has 0 spiro atoms. The molecule has 1 N–H and O–H groups in total. The third kappa shape index (κ3) is 4.30. The summed E-state index contributed by atoms with van der Waals surface area (Å²) in [5.74, 6) is -0.968. The maximum atomic E-state index is 12.2. The van der Waals surface area contributed by atoms with Gasteiger partial charge < -0.3 is 14.9 Å². The lowest BCUT2D eigenvalue weighted by molar-refractivity contribution is -0.705. The molecule has 1 amide bonds. The van der Waals surface area contributed by atoms with Gasteiger partial charge in [-0.1, -0.05) is 40.9 Å². The van der Waals surface area contributed by atoms with Gasteiger partial charge in [-0.25, -0.2) is 0 Å². The van der Waals surface area contributed by atoms with Gasteiger partial charge in [-0.3, -0.25) is 4.79 Å². The fraction of sp³-hybridized carbons (Fsp3) is 0.118. The van der Waals surface area contributed by atoms with Crippen molar-refractivity contribution >= 4 is 46.6 Å². The number of carbonyl (C=O) groups excluding carboxylic acids is 1. The van der Waals surface area contributed by atoms with Crippen LogP contribution in [0.4, 0.5) is 5.69 Å². The number of nitrogens with zero attached hydrogens (tertiary/aromatic N) is 2. The predicted molar refractivity (Wildman–Crippen MR) is 98.0 cm³/mol. The molecular weight excluding hydrogens is 397 g/mol. The minimum Gasteiger partial charge on any atom is -0.538 e. The van der Waals surface area contributed by atoms with E-state index in [9.17, 15) is 9.90 Å². The predicted octanol–water partition coefficient (Wildman–Crippen LogP) is 3.37. The second-order valence-corrected chi connectivity index (χ2v) is 7.18. The smallest absolute Gasteiger partial charge is 0.298 e. The Balaban J connectivity index is 1.72. The fourth-order valence-electron chi connectivity index (χ4n) is 2.12. The number of thioether (sulfide) groups is 1. The third-order valence-electron chi connectivity index (χ3n) is 3.39. The summed E-state index contributed by atoms with van der Waals surface area (Å²) in [5, 5.41) is 19.3. The van der Waals surface area contributed by atoms with Crippen LogP contribution in [0.25, 0.3) is 5.69 Å². The molecule has 0 aliphatic carbocycles. The van der Waals surface area contributed by atoms with Crippen LogP contribution < -0.4 is 15.1 Å². The molecule has 0 fully saturated rings. The van der Waals surface area contributed by atoms with E-state index in [1.54, 1.807) is 18.2 Å². The number of aromatic nitrogens is 2. The van der Waals surface area contributed by atoms with Gasteiger partial charge in [0.2, 0.25) is 11.6 Å². The van der Waals surface area contributed by atoms with E-state index >= 15 is 0 Å². The van der Waals surface area contributed by atoms with Crippen molar-refractivity contribution in [3.05, 3.63) is 58.1 Å². The third-order valence-corrected chi connectivity index (χ3v) is 4.98. The van der Waals surface area contributed by atoms with Crippen LogP contribution in [0.5, 0.6) is 5.95 Å². The minimum atomic E-state index is -0.607. The Hall–Kier alpha value is -2.22. The zero-order valence-corrected chi connectivity index (χ0v) is 15.9. The van der Waals surface area contributed by atoms with E-state index in [1.807, 2.05) is 31.2 Å². The normalized spacial score (nSPS) is 10.7. The quantitative estimate of drug-likeness (QED) is 0.515. The largest absolute Gasteiger partial charge is 0.538 e. The van der Waals surface area contributed by atoms with Crippen molar-refractivity contribution in [2.24, 2.45) is 0 Å². The van der Waals surface area contributed by atoms with Crippen LogP contribution in [0.15, 0.2) is 52.0 Å². The lowest BCUT2D eigenvalue weighted by Crippen LogP contribution is -2.35. The molecule has 0 radical (unpaired) electrons. The molecule has 0 aliphatic rings. The Labute approximate surface area is 163 Å². The standard InChI is InChI=1S/C17H13Cl2N3O3S/c1-10-2-5-12(6-3-10)22-16(17(24)25-21-22)26-9-15(23)20-14-8-11(18)4-7-13(14)19/h2-8H,9H2,1H3,(H-,20,21,23,24). The summed E-state index contributed by atoms with van der Waals surface area (Å²) in [6.07, 6.45) is 0. The second kappa shape index (κ2) is 7.99. The van der Waals surface area contributed by atoms with Crippen LogP contribution in [0.3, 0.4) is 0 Å². The summed E-state index contributed by atoms with van der Waals surface area (Å²) in [7, 11) is 0. The lowest BCUT2D eigenvalue weighted by Gasteiger charge is -2.06. The first-order chi connectivity index (χ1) is 12.4. The van der Waals surface area contributed by atoms with Gasteiger partial charge in [0, 0.05) is 17.2 Å². The molecular formula is C17H13Cl2N3O3S. The highest BCUT2D eigenvalue weighted by molar-refractivity contribution is 7.99. The van der Waals surface area contributed by atoms with Crippen molar-refractivity contribution < 1.29 is 19.1 Å². The lowest BCUT2D eigenvalue weighted by atomic mass is 10.2. The average Bonchev–Trinajstić information content (AvgIpc) is 2.98. The summed E-state index contributed by atoms with van der Waals surface area (Å²) in [5.41, 5.74) is 2.15. The molecule has 0 saturated heterocycles. The molecule has 2 aromatic carbocycles. The summed E-state index contributed by atoms with van der Waals surface area (Å²) in [6, 6.07) is 12.2. The van der Waals surface area contributed by atoms with E-state index in [-0.39, 0.29) is 16.7 Å². The number of aryl methyl sites for hydroxylation is 1. The molecule has 1 aromatic heterocycles. The summed E-state index contributed by atoms with van der Waals surface area (Å²) >= 11 is 12.9. The number of nitrogens with one attached hydrogen (secondary N) is 1. The molecule has 6 nitrogen and oxygen atoms in total. The van der Waals surface area contributed by atoms with Gasteiger partial charge in [-0.15, -0.1) is 0 Å². The van der Waals surface area contributed by atoms with Crippen molar-refractivity contribution in [1.82, 2.24) is 5.27 Å². The number of carbonyl (C=O) groups is 1. The molecule has 0 aliphatic heterocycles. The van der Waals surface area contributed by atoms with Crippen molar-refractivity contribution in [1.29, 1.82) is 0 Å². The number of halogens is 2. The minimum absolute atomic E-state index is 0.0227. The van der Waals surface area contributed by atoms with Gasteiger partial charge in [0.05, 0.1) is 21.7 Å². The van der Waals surface area contributed by atoms with E-state index in [0.29, 0.717) is 21.4 Å². The maximum Gasteiger partial charge on any atom is 0.298 e. The van der Waals surface area contributed by atoms with Gasteiger partial charge in [0.25, 0.3) is 5.03 Å².